The first-order valence-corrected chi connectivity index (χ1v) is 5.65. The maximum atomic E-state index is 11.9. The SMILES string of the molecule is CCCC(CN)C(=O)C(CN)CCC. The van der Waals surface area contributed by atoms with E-state index in [9.17, 15) is 4.79 Å². The Morgan fingerprint density at radius 1 is 1.00 bits per heavy atom. The summed E-state index contributed by atoms with van der Waals surface area (Å²) in [6, 6.07) is 0. The van der Waals surface area contributed by atoms with E-state index in [-0.39, 0.29) is 17.6 Å². The van der Waals surface area contributed by atoms with Crippen LogP contribution >= 0.6 is 0 Å². The highest BCUT2D eigenvalue weighted by Gasteiger charge is 2.23. The second-order valence-electron chi connectivity index (χ2n) is 3.84. The number of rotatable bonds is 8. The number of carbonyl (C=O) groups is 1. The third-order valence-electron chi connectivity index (χ3n) is 2.65. The molecular formula is C11H24N2O. The molecule has 0 amide bonds. The Morgan fingerprint density at radius 3 is 1.57 bits per heavy atom. The average molecular weight is 200 g/mol. The van der Waals surface area contributed by atoms with Crippen molar-refractivity contribution in [2.24, 2.45) is 23.3 Å². The molecule has 0 aromatic heterocycles. The highest BCUT2D eigenvalue weighted by atomic mass is 16.1. The first-order chi connectivity index (χ1) is 6.71. The summed E-state index contributed by atoms with van der Waals surface area (Å²) < 4.78 is 0. The third-order valence-corrected chi connectivity index (χ3v) is 2.65. The molecule has 0 saturated heterocycles. The molecule has 0 bridgehead atoms. The van der Waals surface area contributed by atoms with Crippen LogP contribution in [0.3, 0.4) is 0 Å². The Bertz CT molecular complexity index is 143. The van der Waals surface area contributed by atoms with Gasteiger partial charge in [-0.25, -0.2) is 0 Å². The zero-order chi connectivity index (χ0) is 11.0. The number of ketones is 1. The van der Waals surface area contributed by atoms with Crippen LogP contribution in [0, 0.1) is 11.8 Å². The van der Waals surface area contributed by atoms with Crippen LogP contribution in [0.4, 0.5) is 0 Å². The quantitative estimate of drug-likeness (QED) is 0.620. The molecule has 0 heterocycles. The number of hydrogen-bond donors (Lipinski definition) is 2. The Kier molecular flexibility index (Phi) is 7.71. The van der Waals surface area contributed by atoms with E-state index in [1.54, 1.807) is 0 Å². The summed E-state index contributed by atoms with van der Waals surface area (Å²) in [6.07, 6.45) is 3.82. The molecule has 0 spiro atoms. The van der Waals surface area contributed by atoms with E-state index in [1.807, 2.05) is 0 Å². The highest BCUT2D eigenvalue weighted by Crippen LogP contribution is 2.15. The van der Waals surface area contributed by atoms with Gasteiger partial charge in [0.2, 0.25) is 0 Å². The monoisotopic (exact) mass is 200 g/mol. The summed E-state index contributed by atoms with van der Waals surface area (Å²) in [7, 11) is 0. The van der Waals surface area contributed by atoms with Gasteiger partial charge in [-0.15, -0.1) is 0 Å². The van der Waals surface area contributed by atoms with Gasteiger partial charge in [-0.3, -0.25) is 4.79 Å². The van der Waals surface area contributed by atoms with Crippen molar-refractivity contribution in [2.45, 2.75) is 39.5 Å². The Morgan fingerprint density at radius 2 is 1.36 bits per heavy atom. The van der Waals surface area contributed by atoms with Gasteiger partial charge in [0.15, 0.2) is 0 Å². The van der Waals surface area contributed by atoms with Crippen LogP contribution < -0.4 is 11.5 Å². The molecular weight excluding hydrogens is 176 g/mol. The smallest absolute Gasteiger partial charge is 0.141 e. The molecule has 3 nitrogen and oxygen atoms in total. The summed E-state index contributed by atoms with van der Waals surface area (Å²) in [5.74, 6) is 0.332. The largest absolute Gasteiger partial charge is 0.330 e. The zero-order valence-electron chi connectivity index (χ0n) is 9.46. The molecule has 0 rings (SSSR count). The molecule has 0 saturated carbocycles. The van der Waals surface area contributed by atoms with Crippen LogP contribution in [0.25, 0.3) is 0 Å². The fourth-order valence-corrected chi connectivity index (χ4v) is 1.78. The summed E-state index contributed by atoms with van der Waals surface area (Å²) in [4.78, 5) is 11.9. The number of carbonyl (C=O) groups excluding carboxylic acids is 1. The van der Waals surface area contributed by atoms with Crippen molar-refractivity contribution in [3.05, 3.63) is 0 Å². The van der Waals surface area contributed by atoms with Crippen LogP contribution in [0.2, 0.25) is 0 Å². The molecule has 0 radical (unpaired) electrons. The predicted octanol–water partition coefficient (Wildman–Crippen LogP) is 1.31. The lowest BCUT2D eigenvalue weighted by molar-refractivity contribution is -0.126. The molecule has 3 heteroatoms. The molecule has 14 heavy (non-hydrogen) atoms. The first-order valence-electron chi connectivity index (χ1n) is 5.65. The molecule has 2 atom stereocenters. The van der Waals surface area contributed by atoms with Gasteiger partial charge >= 0.3 is 0 Å². The van der Waals surface area contributed by atoms with Gasteiger partial charge in [0.05, 0.1) is 0 Å². The van der Waals surface area contributed by atoms with Gasteiger partial charge in [-0.05, 0) is 12.8 Å². The van der Waals surface area contributed by atoms with E-state index in [2.05, 4.69) is 13.8 Å². The van der Waals surface area contributed by atoms with Crippen LogP contribution in [0.1, 0.15) is 39.5 Å². The van der Waals surface area contributed by atoms with Crippen molar-refractivity contribution in [3.63, 3.8) is 0 Å². The zero-order valence-corrected chi connectivity index (χ0v) is 9.46. The standard InChI is InChI=1S/C11H24N2O/c1-3-5-9(7-12)11(14)10(8-13)6-4-2/h9-10H,3-8,12-13H2,1-2H3. The van der Waals surface area contributed by atoms with Crippen molar-refractivity contribution < 1.29 is 4.79 Å². The third kappa shape index (κ3) is 4.20. The van der Waals surface area contributed by atoms with Gasteiger partial charge in [0, 0.05) is 24.9 Å². The number of Topliss-reactive ketones (excluding diaryl/α,β-unsaturated/α-hetero) is 1. The van der Waals surface area contributed by atoms with Crippen molar-refractivity contribution >= 4 is 5.78 Å². The van der Waals surface area contributed by atoms with Crippen molar-refractivity contribution in [1.82, 2.24) is 0 Å². The molecule has 0 aliphatic heterocycles. The molecule has 0 aliphatic carbocycles. The van der Waals surface area contributed by atoms with Crippen LogP contribution in [-0.2, 0) is 4.79 Å². The van der Waals surface area contributed by atoms with Crippen molar-refractivity contribution in [1.29, 1.82) is 0 Å². The van der Waals surface area contributed by atoms with Gasteiger partial charge in [-0.2, -0.15) is 0 Å². The van der Waals surface area contributed by atoms with Crippen LogP contribution in [0.5, 0.6) is 0 Å². The summed E-state index contributed by atoms with van der Waals surface area (Å²) in [5.41, 5.74) is 11.2. The van der Waals surface area contributed by atoms with E-state index < -0.39 is 0 Å². The van der Waals surface area contributed by atoms with E-state index in [4.69, 9.17) is 11.5 Å². The minimum absolute atomic E-state index is 0.0279. The molecule has 2 unspecified atom stereocenters. The average Bonchev–Trinajstić information content (AvgIpc) is 2.21. The van der Waals surface area contributed by atoms with Gasteiger partial charge < -0.3 is 11.5 Å². The second-order valence-corrected chi connectivity index (χ2v) is 3.84. The fourth-order valence-electron chi connectivity index (χ4n) is 1.78. The fraction of sp³-hybridized carbons (Fsp3) is 0.909. The number of nitrogens with two attached hydrogens (primary N) is 2. The van der Waals surface area contributed by atoms with E-state index in [0.29, 0.717) is 13.1 Å². The van der Waals surface area contributed by atoms with E-state index in [0.717, 1.165) is 25.7 Å². The lowest BCUT2D eigenvalue weighted by Crippen LogP contribution is -2.33. The molecule has 84 valence electrons. The molecule has 4 N–H and O–H groups in total. The van der Waals surface area contributed by atoms with Gasteiger partial charge in [-0.1, -0.05) is 26.7 Å². The van der Waals surface area contributed by atoms with Crippen LogP contribution in [0.15, 0.2) is 0 Å². The first kappa shape index (κ1) is 13.6. The summed E-state index contributed by atoms with van der Waals surface area (Å²) >= 11 is 0. The minimum atomic E-state index is 0.0279. The minimum Gasteiger partial charge on any atom is -0.330 e. The number of hydrogen-bond acceptors (Lipinski definition) is 3. The predicted molar refractivity (Wildman–Crippen MR) is 59.9 cm³/mol. The Hall–Kier alpha value is -0.410. The summed E-state index contributed by atoms with van der Waals surface area (Å²) in [6.45, 7) is 5.08. The highest BCUT2D eigenvalue weighted by molar-refractivity contribution is 5.83. The summed E-state index contributed by atoms with van der Waals surface area (Å²) in [5, 5.41) is 0. The van der Waals surface area contributed by atoms with Gasteiger partial charge in [0.1, 0.15) is 5.78 Å². The normalized spacial score (nSPS) is 15.1. The Labute approximate surface area is 87.2 Å². The molecule has 0 fully saturated rings. The van der Waals surface area contributed by atoms with Gasteiger partial charge in [0.25, 0.3) is 0 Å². The lowest BCUT2D eigenvalue weighted by atomic mass is 9.87. The van der Waals surface area contributed by atoms with Crippen LogP contribution in [-0.4, -0.2) is 18.9 Å². The molecule has 0 aliphatic rings. The second kappa shape index (κ2) is 7.94. The van der Waals surface area contributed by atoms with Crippen molar-refractivity contribution in [3.8, 4) is 0 Å². The maximum Gasteiger partial charge on any atom is 0.141 e. The van der Waals surface area contributed by atoms with Crippen molar-refractivity contribution in [2.75, 3.05) is 13.1 Å². The van der Waals surface area contributed by atoms with E-state index >= 15 is 0 Å². The Balaban J connectivity index is 4.21. The molecule has 0 aromatic rings. The topological polar surface area (TPSA) is 69.1 Å². The van der Waals surface area contributed by atoms with E-state index in [1.165, 1.54) is 0 Å². The lowest BCUT2D eigenvalue weighted by Gasteiger charge is -2.19. The maximum absolute atomic E-state index is 11.9. The molecule has 0 aromatic carbocycles.